The molecule has 122 valence electrons. The summed E-state index contributed by atoms with van der Waals surface area (Å²) in [6, 6.07) is 0. The van der Waals surface area contributed by atoms with Gasteiger partial charge in [-0.25, -0.2) is 13.1 Å². The van der Waals surface area contributed by atoms with Gasteiger partial charge in [0.15, 0.2) is 0 Å². The molecular weight excluding hydrogens is 290 g/mol. The molecule has 1 aromatic heterocycles. The number of hydrogen-bond donors (Lipinski definition) is 2. The molecule has 21 heavy (non-hydrogen) atoms. The highest BCUT2D eigenvalue weighted by molar-refractivity contribution is 7.89. The monoisotopic (exact) mass is 317 g/mol. The molecule has 0 amide bonds. The fourth-order valence-electron chi connectivity index (χ4n) is 2.00. The molecule has 0 fully saturated rings. The van der Waals surface area contributed by atoms with Crippen molar-refractivity contribution >= 4 is 10.0 Å². The van der Waals surface area contributed by atoms with Gasteiger partial charge in [0.25, 0.3) is 0 Å². The Hall–Kier alpha value is -0.960. The molecule has 0 radical (unpaired) electrons. The van der Waals surface area contributed by atoms with Gasteiger partial charge in [-0.15, -0.1) is 0 Å². The predicted molar refractivity (Wildman–Crippen MR) is 83.7 cm³/mol. The van der Waals surface area contributed by atoms with Crippen LogP contribution in [0.3, 0.4) is 0 Å². The summed E-state index contributed by atoms with van der Waals surface area (Å²) in [4.78, 5) is 2.44. The second-order valence-electron chi connectivity index (χ2n) is 4.87. The first-order valence-electron chi connectivity index (χ1n) is 7.42. The molecule has 0 aromatic carbocycles. The van der Waals surface area contributed by atoms with E-state index < -0.39 is 10.0 Å². The van der Waals surface area contributed by atoms with Crippen LogP contribution < -0.4 is 10.0 Å². The summed E-state index contributed by atoms with van der Waals surface area (Å²) < 4.78 is 28.6. The zero-order chi connectivity index (χ0) is 15.7. The smallest absolute Gasteiger partial charge is 0.243 e. The van der Waals surface area contributed by atoms with E-state index in [0.717, 1.165) is 32.6 Å². The molecule has 0 saturated heterocycles. The van der Waals surface area contributed by atoms with Gasteiger partial charge in [0.05, 0.1) is 12.7 Å². The minimum absolute atomic E-state index is 0.220. The molecule has 0 unspecified atom stereocenters. The van der Waals surface area contributed by atoms with Crippen LogP contribution in [-0.2, 0) is 16.6 Å². The third-order valence-electron chi connectivity index (χ3n) is 3.22. The van der Waals surface area contributed by atoms with E-state index in [1.54, 1.807) is 10.9 Å². The lowest BCUT2D eigenvalue weighted by molar-refractivity contribution is 0.293. The van der Waals surface area contributed by atoms with Crippen molar-refractivity contribution in [3.8, 4) is 0 Å². The Labute approximate surface area is 127 Å². The van der Waals surface area contributed by atoms with Crippen LogP contribution >= 0.6 is 0 Å². The van der Waals surface area contributed by atoms with Gasteiger partial charge in [0.1, 0.15) is 4.90 Å². The van der Waals surface area contributed by atoms with E-state index in [4.69, 9.17) is 0 Å². The predicted octanol–water partition coefficient (Wildman–Crippen LogP) is 0.113. The average molecular weight is 317 g/mol. The summed E-state index contributed by atoms with van der Waals surface area (Å²) in [5.41, 5.74) is 0. The van der Waals surface area contributed by atoms with Crippen LogP contribution in [0.2, 0.25) is 0 Å². The van der Waals surface area contributed by atoms with Crippen LogP contribution in [0.5, 0.6) is 0 Å². The van der Waals surface area contributed by atoms with E-state index >= 15 is 0 Å². The maximum absolute atomic E-state index is 12.1. The zero-order valence-corrected chi connectivity index (χ0v) is 14.0. The maximum atomic E-state index is 12.1. The van der Waals surface area contributed by atoms with E-state index in [-0.39, 0.29) is 4.90 Å². The number of aromatic nitrogens is 2. The minimum atomic E-state index is -3.46. The normalized spacial score (nSPS) is 12.2. The molecule has 1 heterocycles. The number of nitrogens with one attached hydrogen (secondary N) is 2. The van der Waals surface area contributed by atoms with Gasteiger partial charge in [0.2, 0.25) is 10.0 Å². The Bertz CT molecular complexity index is 500. The van der Waals surface area contributed by atoms with Gasteiger partial charge >= 0.3 is 0 Å². The lowest BCUT2D eigenvalue weighted by atomic mass is 10.4. The Morgan fingerprint density at radius 1 is 1.29 bits per heavy atom. The molecule has 1 rings (SSSR count). The molecular formula is C13H27N5O2S. The van der Waals surface area contributed by atoms with Crippen molar-refractivity contribution in [1.29, 1.82) is 0 Å². The molecule has 0 bridgehead atoms. The molecule has 7 nitrogen and oxygen atoms in total. The van der Waals surface area contributed by atoms with Gasteiger partial charge in [-0.2, -0.15) is 5.10 Å². The molecule has 2 N–H and O–H groups in total. The zero-order valence-electron chi connectivity index (χ0n) is 13.2. The number of likely N-dealkylation sites (N-methyl/N-ethyl adjacent to an activating group) is 2. The molecule has 0 spiro atoms. The molecule has 0 aliphatic rings. The number of nitrogens with zero attached hydrogens (tertiary/aromatic N) is 3. The highest BCUT2D eigenvalue weighted by atomic mass is 32.2. The largest absolute Gasteiger partial charge is 0.318 e. The van der Waals surface area contributed by atoms with Crippen molar-refractivity contribution in [2.75, 3.05) is 39.8 Å². The highest BCUT2D eigenvalue weighted by Crippen LogP contribution is 2.06. The van der Waals surface area contributed by atoms with E-state index in [1.807, 2.05) is 7.05 Å². The number of hydrogen-bond acceptors (Lipinski definition) is 5. The third kappa shape index (κ3) is 6.13. The van der Waals surface area contributed by atoms with Crippen LogP contribution in [0, 0.1) is 0 Å². The third-order valence-corrected chi connectivity index (χ3v) is 4.63. The first-order chi connectivity index (χ1) is 10.0. The second-order valence-corrected chi connectivity index (χ2v) is 6.64. The van der Waals surface area contributed by atoms with Crippen molar-refractivity contribution in [3.63, 3.8) is 0 Å². The van der Waals surface area contributed by atoms with Gasteiger partial charge in [0, 0.05) is 25.8 Å². The van der Waals surface area contributed by atoms with Crippen LogP contribution in [0.25, 0.3) is 0 Å². The number of rotatable bonds is 11. The summed E-state index contributed by atoms with van der Waals surface area (Å²) in [5, 5.41) is 7.05. The SMILES string of the molecule is CCCN(CC)CCNS(=O)(=O)c1cnn(CCNC)c1. The molecule has 8 heteroatoms. The van der Waals surface area contributed by atoms with E-state index in [0.29, 0.717) is 13.1 Å². The summed E-state index contributed by atoms with van der Waals surface area (Å²) in [7, 11) is -1.62. The summed E-state index contributed by atoms with van der Waals surface area (Å²) in [6.07, 6.45) is 4.02. The van der Waals surface area contributed by atoms with E-state index in [9.17, 15) is 8.42 Å². The lowest BCUT2D eigenvalue weighted by Crippen LogP contribution is -2.35. The van der Waals surface area contributed by atoms with Gasteiger partial charge in [-0.05, 0) is 26.6 Å². The first-order valence-corrected chi connectivity index (χ1v) is 8.90. The van der Waals surface area contributed by atoms with Gasteiger partial charge in [-0.1, -0.05) is 13.8 Å². The average Bonchev–Trinajstić information content (AvgIpc) is 2.93. The van der Waals surface area contributed by atoms with Gasteiger partial charge < -0.3 is 10.2 Å². The van der Waals surface area contributed by atoms with Crippen LogP contribution in [0.1, 0.15) is 20.3 Å². The molecule has 0 saturated carbocycles. The van der Waals surface area contributed by atoms with Crippen molar-refractivity contribution < 1.29 is 8.42 Å². The second kappa shape index (κ2) is 9.14. The summed E-state index contributed by atoms with van der Waals surface area (Å²) >= 11 is 0. The van der Waals surface area contributed by atoms with E-state index in [2.05, 4.69) is 33.9 Å². The fraction of sp³-hybridized carbons (Fsp3) is 0.769. The Morgan fingerprint density at radius 2 is 2.05 bits per heavy atom. The fourth-order valence-corrected chi connectivity index (χ4v) is 2.97. The topological polar surface area (TPSA) is 79.3 Å². The Morgan fingerprint density at radius 3 is 2.67 bits per heavy atom. The first kappa shape index (κ1) is 18.1. The Kier molecular flexibility index (Phi) is 7.87. The number of sulfonamides is 1. The molecule has 0 atom stereocenters. The van der Waals surface area contributed by atoms with Crippen molar-refractivity contribution in [1.82, 2.24) is 24.7 Å². The van der Waals surface area contributed by atoms with Crippen LogP contribution in [-0.4, -0.2) is 62.9 Å². The highest BCUT2D eigenvalue weighted by Gasteiger charge is 2.16. The maximum Gasteiger partial charge on any atom is 0.243 e. The molecule has 0 aliphatic heterocycles. The van der Waals surface area contributed by atoms with Crippen molar-refractivity contribution in [3.05, 3.63) is 12.4 Å². The molecule has 0 aliphatic carbocycles. The van der Waals surface area contributed by atoms with E-state index in [1.165, 1.54) is 6.20 Å². The quantitative estimate of drug-likeness (QED) is 0.606. The van der Waals surface area contributed by atoms with Crippen LogP contribution in [0.4, 0.5) is 0 Å². The summed E-state index contributed by atoms with van der Waals surface area (Å²) in [5.74, 6) is 0. The summed E-state index contributed by atoms with van der Waals surface area (Å²) in [6.45, 7) is 8.64. The van der Waals surface area contributed by atoms with Crippen molar-refractivity contribution in [2.24, 2.45) is 0 Å². The van der Waals surface area contributed by atoms with Crippen LogP contribution in [0.15, 0.2) is 17.3 Å². The van der Waals surface area contributed by atoms with Crippen molar-refractivity contribution in [2.45, 2.75) is 31.7 Å². The molecule has 1 aromatic rings. The lowest BCUT2D eigenvalue weighted by Gasteiger charge is -2.19. The minimum Gasteiger partial charge on any atom is -0.318 e. The van der Waals surface area contributed by atoms with Gasteiger partial charge in [-0.3, -0.25) is 4.68 Å². The Balaban J connectivity index is 2.51. The standard InChI is InChI=1S/C13H27N5O2S/c1-4-8-17(5-2)9-7-16-21(19,20)13-11-15-18(12-13)10-6-14-3/h11-12,14,16H,4-10H2,1-3H3.